The fraction of sp³-hybridized carbons (Fsp3) is 0.941. The van der Waals surface area contributed by atoms with E-state index >= 15 is 0 Å². The Hall–Kier alpha value is -0.900. The molecule has 1 rings (SSSR count). The largest absolute Gasteiger partial charge is 0.381 e. The summed E-state index contributed by atoms with van der Waals surface area (Å²) < 4.78 is 8.25. The van der Waals surface area contributed by atoms with Gasteiger partial charge in [-0.3, -0.25) is 4.68 Å². The van der Waals surface area contributed by atoms with Gasteiger partial charge in [0.15, 0.2) is 0 Å². The van der Waals surface area contributed by atoms with Gasteiger partial charge in [0.2, 0.25) is 0 Å². The molecule has 1 atom stereocenters. The number of ether oxygens (including phenoxy) is 1. The molecule has 1 heterocycles. The Labute approximate surface area is 238 Å². The Balaban J connectivity index is 2.35. The molecule has 0 saturated carbocycles. The van der Waals surface area contributed by atoms with Crippen molar-refractivity contribution in [3.8, 4) is 0 Å². The highest BCUT2D eigenvalue weighted by Gasteiger charge is 2.13. The van der Waals surface area contributed by atoms with Crippen LogP contribution < -0.4 is 0 Å². The summed E-state index contributed by atoms with van der Waals surface area (Å²) in [4.78, 5) is 0. The fourth-order valence-electron chi connectivity index (χ4n) is 5.69. The van der Waals surface area contributed by atoms with Gasteiger partial charge in [-0.05, 0) is 37.5 Å². The zero-order chi connectivity index (χ0) is 27.5. The lowest BCUT2D eigenvalue weighted by atomic mass is 9.91. The van der Waals surface area contributed by atoms with Crippen LogP contribution in [0.25, 0.3) is 0 Å². The molecule has 4 heteroatoms. The van der Waals surface area contributed by atoms with Crippen LogP contribution in [0.5, 0.6) is 0 Å². The molecular formula is C34H67N3O. The number of rotatable bonds is 29. The minimum atomic E-state index is 0.748. The van der Waals surface area contributed by atoms with Crippen molar-refractivity contribution < 1.29 is 4.74 Å². The van der Waals surface area contributed by atoms with Crippen LogP contribution in [0.1, 0.15) is 175 Å². The van der Waals surface area contributed by atoms with Gasteiger partial charge in [-0.1, -0.05) is 155 Å². The summed E-state index contributed by atoms with van der Waals surface area (Å²) in [5.74, 6) is 1.52. The van der Waals surface area contributed by atoms with Crippen molar-refractivity contribution in [2.45, 2.75) is 182 Å². The Morgan fingerprint density at radius 2 is 1.08 bits per heavy atom. The van der Waals surface area contributed by atoms with Crippen LogP contribution in [0.3, 0.4) is 0 Å². The van der Waals surface area contributed by atoms with Crippen LogP contribution in [0, 0.1) is 11.8 Å². The molecule has 0 N–H and O–H groups in total. The summed E-state index contributed by atoms with van der Waals surface area (Å²) in [6, 6.07) is 0. The highest BCUT2D eigenvalue weighted by Crippen LogP contribution is 2.22. The molecule has 1 aromatic rings. The van der Waals surface area contributed by atoms with Crippen LogP contribution in [0.15, 0.2) is 6.20 Å². The zero-order valence-corrected chi connectivity index (χ0v) is 26.4. The number of unbranched alkanes of at least 4 members (excludes halogenated alkanes) is 13. The van der Waals surface area contributed by atoms with Crippen LogP contribution in [-0.4, -0.2) is 28.2 Å². The molecule has 0 saturated heterocycles. The van der Waals surface area contributed by atoms with E-state index in [2.05, 4.69) is 48.9 Å². The SMILES string of the molecule is CCCCCCCC(CCCCCC)COCCCn1cc(CC(CCCCCC)CCCCCC)nn1. The molecule has 1 unspecified atom stereocenters. The average molecular weight is 534 g/mol. The number of aromatic nitrogens is 3. The summed E-state index contributed by atoms with van der Waals surface area (Å²) in [5, 5.41) is 9.00. The monoisotopic (exact) mass is 534 g/mol. The molecule has 0 aliphatic carbocycles. The molecule has 0 spiro atoms. The number of aryl methyl sites for hydroxylation is 1. The molecule has 0 bridgehead atoms. The number of hydrogen-bond donors (Lipinski definition) is 0. The minimum Gasteiger partial charge on any atom is -0.381 e. The third-order valence-corrected chi connectivity index (χ3v) is 8.23. The van der Waals surface area contributed by atoms with Crippen LogP contribution in [0.2, 0.25) is 0 Å². The number of nitrogens with zero attached hydrogens (tertiary/aromatic N) is 3. The summed E-state index contributed by atoms with van der Waals surface area (Å²) in [7, 11) is 0. The molecule has 38 heavy (non-hydrogen) atoms. The molecule has 0 radical (unpaired) electrons. The highest BCUT2D eigenvalue weighted by molar-refractivity contribution is 4.94. The molecular weight excluding hydrogens is 466 g/mol. The summed E-state index contributed by atoms with van der Waals surface area (Å²) in [6.45, 7) is 11.9. The van der Waals surface area contributed by atoms with Crippen molar-refractivity contribution in [1.29, 1.82) is 0 Å². The second-order valence-corrected chi connectivity index (χ2v) is 12.1. The van der Waals surface area contributed by atoms with E-state index in [1.54, 1.807) is 0 Å². The Kier molecular flexibility index (Phi) is 24.3. The third kappa shape index (κ3) is 20.1. The first-order valence-electron chi connectivity index (χ1n) is 17.2. The minimum absolute atomic E-state index is 0.748. The van der Waals surface area contributed by atoms with Crippen molar-refractivity contribution in [2.24, 2.45) is 11.8 Å². The predicted molar refractivity (Wildman–Crippen MR) is 166 cm³/mol. The van der Waals surface area contributed by atoms with E-state index in [1.807, 2.05) is 0 Å². The van der Waals surface area contributed by atoms with Gasteiger partial charge in [0, 0.05) is 26.0 Å². The third-order valence-electron chi connectivity index (χ3n) is 8.23. The van der Waals surface area contributed by atoms with Gasteiger partial charge in [0.25, 0.3) is 0 Å². The fourth-order valence-corrected chi connectivity index (χ4v) is 5.69. The first-order chi connectivity index (χ1) is 18.7. The Morgan fingerprint density at radius 1 is 0.605 bits per heavy atom. The molecule has 0 aliphatic rings. The van der Waals surface area contributed by atoms with Crippen molar-refractivity contribution >= 4 is 0 Å². The molecule has 0 fully saturated rings. The van der Waals surface area contributed by atoms with Crippen molar-refractivity contribution in [2.75, 3.05) is 13.2 Å². The van der Waals surface area contributed by atoms with E-state index in [-0.39, 0.29) is 0 Å². The molecule has 0 aliphatic heterocycles. The van der Waals surface area contributed by atoms with Gasteiger partial charge in [-0.2, -0.15) is 0 Å². The number of hydrogen-bond acceptors (Lipinski definition) is 3. The first-order valence-corrected chi connectivity index (χ1v) is 17.2. The van der Waals surface area contributed by atoms with E-state index in [4.69, 9.17) is 4.74 Å². The Morgan fingerprint density at radius 3 is 1.61 bits per heavy atom. The summed E-state index contributed by atoms with van der Waals surface area (Å²) in [6.07, 6.45) is 33.0. The van der Waals surface area contributed by atoms with E-state index in [1.165, 1.54) is 141 Å². The van der Waals surface area contributed by atoms with Gasteiger partial charge in [0.05, 0.1) is 5.69 Å². The lowest BCUT2D eigenvalue weighted by molar-refractivity contribution is 0.0865. The average Bonchev–Trinajstić information content (AvgIpc) is 3.37. The molecule has 0 amide bonds. The highest BCUT2D eigenvalue weighted by atomic mass is 16.5. The smallest absolute Gasteiger partial charge is 0.0829 e. The summed E-state index contributed by atoms with van der Waals surface area (Å²) in [5.41, 5.74) is 1.19. The van der Waals surface area contributed by atoms with Crippen molar-refractivity contribution in [3.05, 3.63) is 11.9 Å². The molecule has 4 nitrogen and oxygen atoms in total. The molecule has 0 aromatic carbocycles. The maximum atomic E-state index is 6.19. The van der Waals surface area contributed by atoms with Crippen molar-refractivity contribution in [3.63, 3.8) is 0 Å². The van der Waals surface area contributed by atoms with E-state index < -0.39 is 0 Å². The quantitative estimate of drug-likeness (QED) is 0.0961. The molecule has 224 valence electrons. The van der Waals surface area contributed by atoms with Crippen molar-refractivity contribution in [1.82, 2.24) is 15.0 Å². The lowest BCUT2D eigenvalue weighted by Gasteiger charge is -2.17. The zero-order valence-electron chi connectivity index (χ0n) is 26.4. The van der Waals surface area contributed by atoms with Gasteiger partial charge in [-0.15, -0.1) is 5.10 Å². The van der Waals surface area contributed by atoms with Crippen LogP contribution in [-0.2, 0) is 17.7 Å². The van der Waals surface area contributed by atoms with Crippen LogP contribution in [0.4, 0.5) is 0 Å². The first kappa shape index (κ1) is 35.1. The second-order valence-electron chi connectivity index (χ2n) is 12.1. The molecule has 1 aromatic heterocycles. The van der Waals surface area contributed by atoms with E-state index in [9.17, 15) is 0 Å². The maximum absolute atomic E-state index is 6.19. The van der Waals surface area contributed by atoms with Gasteiger partial charge >= 0.3 is 0 Å². The van der Waals surface area contributed by atoms with Gasteiger partial charge in [-0.25, -0.2) is 0 Å². The van der Waals surface area contributed by atoms with Gasteiger partial charge in [0.1, 0.15) is 0 Å². The lowest BCUT2D eigenvalue weighted by Crippen LogP contribution is -2.12. The predicted octanol–water partition coefficient (Wildman–Crippen LogP) is 10.7. The van der Waals surface area contributed by atoms with E-state index in [0.717, 1.165) is 44.4 Å². The topological polar surface area (TPSA) is 39.9 Å². The standard InChI is InChI=1S/C34H67N3O/c1-5-9-13-17-21-26-33(25-20-16-12-8-4)31-38-28-22-27-37-30-34(35-36-37)29-32(23-18-14-10-6-2)24-19-15-11-7-3/h30,32-33H,5-29,31H2,1-4H3. The van der Waals surface area contributed by atoms with E-state index in [0.29, 0.717) is 0 Å². The maximum Gasteiger partial charge on any atom is 0.0829 e. The second kappa shape index (κ2) is 26.3. The van der Waals surface area contributed by atoms with Crippen LogP contribution >= 0.6 is 0 Å². The Bertz CT molecular complexity index is 590. The summed E-state index contributed by atoms with van der Waals surface area (Å²) >= 11 is 0. The van der Waals surface area contributed by atoms with Gasteiger partial charge < -0.3 is 4.74 Å². The normalized spacial score (nSPS) is 12.6.